The van der Waals surface area contributed by atoms with Gasteiger partial charge in [0.05, 0.1) is 11.9 Å². The van der Waals surface area contributed by atoms with Gasteiger partial charge in [-0.2, -0.15) is 5.10 Å². The van der Waals surface area contributed by atoms with Crippen molar-refractivity contribution >= 4 is 11.9 Å². The molecule has 1 heterocycles. The third-order valence-electron chi connectivity index (χ3n) is 5.83. The Bertz CT molecular complexity index is 800. The number of H-pyrrole nitrogens is 1. The Morgan fingerprint density at radius 1 is 1.20 bits per heavy atom. The van der Waals surface area contributed by atoms with Gasteiger partial charge in [0, 0.05) is 12.1 Å². The number of nitrogens with zero attached hydrogens (tertiary/aromatic N) is 1. The molecule has 25 heavy (non-hydrogen) atoms. The van der Waals surface area contributed by atoms with E-state index >= 15 is 0 Å². The van der Waals surface area contributed by atoms with Gasteiger partial charge in [0.15, 0.2) is 0 Å². The summed E-state index contributed by atoms with van der Waals surface area (Å²) in [6.45, 7) is 0.265. The molecule has 2 fully saturated rings. The smallest absolute Gasteiger partial charge is 0.319 e. The molecule has 0 atom stereocenters. The van der Waals surface area contributed by atoms with Gasteiger partial charge >= 0.3 is 5.97 Å². The lowest BCUT2D eigenvalue weighted by atomic mass is 9.45. The van der Waals surface area contributed by atoms with Crippen LogP contribution in [0.4, 0.5) is 0 Å². The molecule has 1 amide bonds. The van der Waals surface area contributed by atoms with Crippen LogP contribution in [-0.2, 0) is 16.1 Å². The summed E-state index contributed by atoms with van der Waals surface area (Å²) in [4.78, 5) is 24.4. The van der Waals surface area contributed by atoms with Crippen molar-refractivity contribution in [3.05, 3.63) is 42.1 Å². The van der Waals surface area contributed by atoms with Crippen molar-refractivity contribution < 1.29 is 14.7 Å². The van der Waals surface area contributed by atoms with E-state index in [9.17, 15) is 14.7 Å². The monoisotopic (exact) mass is 339 g/mol. The zero-order valence-electron chi connectivity index (χ0n) is 13.9. The van der Waals surface area contributed by atoms with Crippen molar-refractivity contribution in [1.29, 1.82) is 0 Å². The molecule has 6 heteroatoms. The summed E-state index contributed by atoms with van der Waals surface area (Å²) in [6, 6.07) is 9.73. The maximum absolute atomic E-state index is 12.6. The van der Waals surface area contributed by atoms with Crippen LogP contribution in [-0.4, -0.2) is 27.2 Å². The number of carbonyl (C=O) groups is 2. The van der Waals surface area contributed by atoms with Crippen LogP contribution < -0.4 is 5.32 Å². The molecule has 2 aromatic rings. The van der Waals surface area contributed by atoms with E-state index in [0.717, 1.165) is 36.1 Å². The van der Waals surface area contributed by atoms with E-state index in [-0.39, 0.29) is 17.9 Å². The Morgan fingerprint density at radius 2 is 1.92 bits per heavy atom. The highest BCUT2D eigenvalue weighted by molar-refractivity contribution is 6.03. The minimum Gasteiger partial charge on any atom is -0.480 e. The van der Waals surface area contributed by atoms with Gasteiger partial charge in [-0.05, 0) is 36.7 Å². The molecule has 2 aliphatic rings. The molecule has 4 rings (SSSR count). The van der Waals surface area contributed by atoms with Crippen molar-refractivity contribution in [2.45, 2.75) is 38.6 Å². The number of rotatable bonds is 5. The van der Waals surface area contributed by atoms with Crippen LogP contribution in [0.25, 0.3) is 11.3 Å². The van der Waals surface area contributed by atoms with Crippen LogP contribution in [0, 0.1) is 10.8 Å². The average molecular weight is 339 g/mol. The Hall–Kier alpha value is -2.63. The zero-order chi connectivity index (χ0) is 17.5. The molecule has 0 bridgehead atoms. The molecule has 6 nitrogen and oxygen atoms in total. The fourth-order valence-electron chi connectivity index (χ4n) is 4.31. The van der Waals surface area contributed by atoms with Crippen LogP contribution >= 0.6 is 0 Å². The summed E-state index contributed by atoms with van der Waals surface area (Å²) in [5.74, 6) is -1.38. The quantitative estimate of drug-likeness (QED) is 0.730. The summed E-state index contributed by atoms with van der Waals surface area (Å²) in [6.07, 6.45) is 5.86. The fraction of sp³-hybridized carbons (Fsp3) is 0.421. The number of amides is 1. The summed E-state index contributed by atoms with van der Waals surface area (Å²) >= 11 is 0. The number of benzene rings is 1. The number of hydrogen-bond donors (Lipinski definition) is 3. The van der Waals surface area contributed by atoms with Gasteiger partial charge in [-0.1, -0.05) is 36.8 Å². The number of carbonyl (C=O) groups excluding carboxylic acids is 1. The van der Waals surface area contributed by atoms with Crippen LogP contribution in [0.5, 0.6) is 0 Å². The summed E-state index contributed by atoms with van der Waals surface area (Å²) in [5.41, 5.74) is 1.53. The van der Waals surface area contributed by atoms with E-state index < -0.39 is 11.4 Å². The standard InChI is InChI=1S/C19H21N3O3/c23-16(19(17(24)25)11-18(12-19)7-4-8-18)20-9-14-10-21-22-15(14)13-5-2-1-3-6-13/h1-3,5-6,10H,4,7-9,11-12H2,(H,20,23)(H,21,22)(H,24,25). The molecule has 2 aliphatic carbocycles. The van der Waals surface area contributed by atoms with Crippen LogP contribution in [0.15, 0.2) is 36.5 Å². The van der Waals surface area contributed by atoms with Gasteiger partial charge in [-0.3, -0.25) is 14.7 Å². The lowest BCUT2D eigenvalue weighted by Crippen LogP contribution is -2.61. The number of nitrogens with one attached hydrogen (secondary N) is 2. The molecular formula is C19H21N3O3. The van der Waals surface area contributed by atoms with Gasteiger partial charge in [-0.25, -0.2) is 0 Å². The van der Waals surface area contributed by atoms with Gasteiger partial charge in [-0.15, -0.1) is 0 Å². The van der Waals surface area contributed by atoms with Gasteiger partial charge in [0.2, 0.25) is 5.91 Å². The third kappa shape index (κ3) is 2.52. The Morgan fingerprint density at radius 3 is 2.52 bits per heavy atom. The van der Waals surface area contributed by atoms with Crippen molar-refractivity contribution in [2.24, 2.45) is 10.8 Å². The van der Waals surface area contributed by atoms with Crippen LogP contribution in [0.3, 0.4) is 0 Å². The number of aromatic nitrogens is 2. The first-order chi connectivity index (χ1) is 12.0. The first kappa shape index (κ1) is 15.9. The maximum atomic E-state index is 12.6. The second kappa shape index (κ2) is 5.72. The topological polar surface area (TPSA) is 95.1 Å². The lowest BCUT2D eigenvalue weighted by molar-refractivity contribution is -0.181. The first-order valence-electron chi connectivity index (χ1n) is 8.64. The lowest BCUT2D eigenvalue weighted by Gasteiger charge is -2.58. The number of hydrogen-bond acceptors (Lipinski definition) is 3. The van der Waals surface area contributed by atoms with E-state index in [1.165, 1.54) is 0 Å². The fourth-order valence-corrected chi connectivity index (χ4v) is 4.31. The molecule has 0 saturated heterocycles. The minimum absolute atomic E-state index is 0.112. The summed E-state index contributed by atoms with van der Waals surface area (Å²) < 4.78 is 0. The van der Waals surface area contributed by atoms with E-state index in [2.05, 4.69) is 15.5 Å². The van der Waals surface area contributed by atoms with Crippen LogP contribution in [0.1, 0.15) is 37.7 Å². The molecule has 3 N–H and O–H groups in total. The number of aliphatic carboxylic acids is 1. The number of carboxylic acids is 1. The largest absolute Gasteiger partial charge is 0.480 e. The van der Waals surface area contributed by atoms with Gasteiger partial charge < -0.3 is 10.4 Å². The second-order valence-electron chi connectivity index (χ2n) is 7.41. The summed E-state index contributed by atoms with van der Waals surface area (Å²) in [5, 5.41) is 19.5. The SMILES string of the molecule is O=C(O)C1(C(=O)NCc2cn[nH]c2-c2ccccc2)CC2(CCC2)C1. The molecule has 1 spiro atoms. The zero-order valence-corrected chi connectivity index (χ0v) is 13.9. The van der Waals surface area contributed by atoms with Crippen LogP contribution in [0.2, 0.25) is 0 Å². The number of aromatic amines is 1. The van der Waals surface area contributed by atoms with Crippen molar-refractivity contribution in [3.63, 3.8) is 0 Å². The molecule has 1 aromatic heterocycles. The molecule has 0 unspecified atom stereocenters. The van der Waals surface area contributed by atoms with Gasteiger partial charge in [0.1, 0.15) is 5.41 Å². The molecular weight excluding hydrogens is 318 g/mol. The summed E-state index contributed by atoms with van der Waals surface area (Å²) in [7, 11) is 0. The molecule has 2 saturated carbocycles. The molecule has 130 valence electrons. The van der Waals surface area contributed by atoms with Crippen molar-refractivity contribution in [1.82, 2.24) is 15.5 Å². The highest BCUT2D eigenvalue weighted by Gasteiger charge is 2.64. The Labute approximate surface area is 145 Å². The normalized spacial score (nSPS) is 19.7. The van der Waals surface area contributed by atoms with E-state index in [1.807, 2.05) is 30.3 Å². The Kier molecular flexibility index (Phi) is 3.63. The van der Waals surface area contributed by atoms with E-state index in [1.54, 1.807) is 6.20 Å². The third-order valence-corrected chi connectivity index (χ3v) is 5.83. The van der Waals surface area contributed by atoms with Gasteiger partial charge in [0.25, 0.3) is 0 Å². The Balaban J connectivity index is 1.46. The highest BCUT2D eigenvalue weighted by atomic mass is 16.4. The van der Waals surface area contributed by atoms with E-state index in [4.69, 9.17) is 0 Å². The molecule has 1 aromatic carbocycles. The predicted octanol–water partition coefficient (Wildman–Crippen LogP) is 2.73. The number of carboxylic acid groups (broad SMARTS) is 1. The predicted molar refractivity (Wildman–Crippen MR) is 91.5 cm³/mol. The molecule has 0 radical (unpaired) electrons. The van der Waals surface area contributed by atoms with Crippen molar-refractivity contribution in [3.8, 4) is 11.3 Å². The minimum atomic E-state index is -1.25. The first-order valence-corrected chi connectivity index (χ1v) is 8.64. The molecule has 0 aliphatic heterocycles. The van der Waals surface area contributed by atoms with Crippen molar-refractivity contribution in [2.75, 3.05) is 0 Å². The highest BCUT2D eigenvalue weighted by Crippen LogP contribution is 2.64. The maximum Gasteiger partial charge on any atom is 0.319 e. The van der Waals surface area contributed by atoms with E-state index in [0.29, 0.717) is 12.8 Å². The average Bonchev–Trinajstić information content (AvgIpc) is 2.99. The second-order valence-corrected chi connectivity index (χ2v) is 7.41.